The molecule has 1 amide bonds. The molecule has 0 saturated heterocycles. The van der Waals surface area contributed by atoms with Crippen LogP contribution in [-0.2, 0) is 14.8 Å². The smallest absolute Gasteiger partial charge is 0.264 e. The van der Waals surface area contributed by atoms with Gasteiger partial charge in [-0.05, 0) is 43.2 Å². The Morgan fingerprint density at radius 1 is 1.10 bits per heavy atom. The van der Waals surface area contributed by atoms with Crippen LogP contribution in [0, 0.1) is 0 Å². The first-order valence-electron chi connectivity index (χ1n) is 9.68. The largest absolute Gasteiger partial charge is 0.354 e. The number of anilines is 1. The fraction of sp³-hybridized carbons (Fsp3) is 0.381. The van der Waals surface area contributed by atoms with Crippen LogP contribution in [0.25, 0.3) is 0 Å². The third-order valence-corrected chi connectivity index (χ3v) is 8.20. The fourth-order valence-corrected chi connectivity index (χ4v) is 6.16. The molecule has 2 aromatic rings. The van der Waals surface area contributed by atoms with Gasteiger partial charge in [-0.1, -0.05) is 48.7 Å². The molecule has 8 heteroatoms. The average molecular weight is 453 g/mol. The maximum Gasteiger partial charge on any atom is 0.264 e. The molecule has 0 aromatic heterocycles. The summed E-state index contributed by atoms with van der Waals surface area (Å²) in [5.74, 6) is 0.496. The summed E-state index contributed by atoms with van der Waals surface area (Å²) < 4.78 is 27.5. The summed E-state index contributed by atoms with van der Waals surface area (Å²) in [7, 11) is -3.90. The third kappa shape index (κ3) is 6.14. The van der Waals surface area contributed by atoms with Crippen molar-refractivity contribution in [2.24, 2.45) is 0 Å². The van der Waals surface area contributed by atoms with Gasteiger partial charge in [0.1, 0.15) is 6.54 Å². The Bertz CT molecular complexity index is 917. The second-order valence-corrected chi connectivity index (χ2v) is 10.6. The van der Waals surface area contributed by atoms with Crippen molar-refractivity contribution in [3.05, 3.63) is 59.6 Å². The van der Waals surface area contributed by atoms with Gasteiger partial charge in [-0.3, -0.25) is 9.10 Å². The van der Waals surface area contributed by atoms with E-state index in [2.05, 4.69) is 5.32 Å². The highest BCUT2D eigenvalue weighted by atomic mass is 35.5. The number of carbonyl (C=O) groups excluding carboxylic acids is 1. The van der Waals surface area contributed by atoms with E-state index in [9.17, 15) is 13.2 Å². The zero-order chi connectivity index (χ0) is 20.7. The summed E-state index contributed by atoms with van der Waals surface area (Å²) in [6, 6.07) is 14.6. The number of carbonyl (C=O) groups is 1. The van der Waals surface area contributed by atoms with Gasteiger partial charge in [-0.15, -0.1) is 0 Å². The number of nitrogens with one attached hydrogen (secondary N) is 1. The predicted molar refractivity (Wildman–Crippen MR) is 120 cm³/mol. The first-order chi connectivity index (χ1) is 14.0. The van der Waals surface area contributed by atoms with Gasteiger partial charge in [-0.2, -0.15) is 11.8 Å². The van der Waals surface area contributed by atoms with Crippen LogP contribution in [0.15, 0.2) is 59.5 Å². The fourth-order valence-electron chi connectivity index (χ4n) is 3.32. The average Bonchev–Trinajstić information content (AvgIpc) is 3.23. The summed E-state index contributed by atoms with van der Waals surface area (Å²) >= 11 is 7.94. The topological polar surface area (TPSA) is 66.5 Å². The lowest BCUT2D eigenvalue weighted by atomic mass is 10.3. The van der Waals surface area contributed by atoms with Crippen molar-refractivity contribution in [2.45, 2.75) is 35.8 Å². The van der Waals surface area contributed by atoms with E-state index >= 15 is 0 Å². The molecule has 0 heterocycles. The summed E-state index contributed by atoms with van der Waals surface area (Å²) in [6.45, 7) is 0.223. The highest BCUT2D eigenvalue weighted by Crippen LogP contribution is 2.29. The van der Waals surface area contributed by atoms with Crippen molar-refractivity contribution >= 4 is 45.0 Å². The van der Waals surface area contributed by atoms with Gasteiger partial charge in [0.15, 0.2) is 0 Å². The Hall–Kier alpha value is -1.70. The standard InChI is InChI=1S/C21H25ClN2O3S2/c22-17-7-6-8-18(15-17)24(29(26,27)20-11-2-1-3-12-20)16-21(25)23-13-14-28-19-9-4-5-10-19/h1-3,6-8,11-12,15,19H,4-5,9-10,13-14,16H2,(H,23,25). The van der Waals surface area contributed by atoms with E-state index in [1.807, 2.05) is 11.8 Å². The number of hydrogen-bond donors (Lipinski definition) is 1. The second kappa shape index (κ2) is 10.4. The van der Waals surface area contributed by atoms with Crippen LogP contribution < -0.4 is 9.62 Å². The zero-order valence-electron chi connectivity index (χ0n) is 16.1. The Morgan fingerprint density at radius 3 is 2.52 bits per heavy atom. The molecule has 5 nitrogen and oxygen atoms in total. The van der Waals surface area contributed by atoms with E-state index in [1.54, 1.807) is 42.5 Å². The maximum absolute atomic E-state index is 13.2. The van der Waals surface area contributed by atoms with E-state index in [4.69, 9.17) is 11.6 Å². The van der Waals surface area contributed by atoms with Gasteiger partial charge >= 0.3 is 0 Å². The van der Waals surface area contributed by atoms with Crippen LogP contribution >= 0.6 is 23.4 Å². The van der Waals surface area contributed by atoms with E-state index in [0.29, 0.717) is 22.5 Å². The number of amides is 1. The lowest BCUT2D eigenvalue weighted by Crippen LogP contribution is -2.41. The first kappa shape index (κ1) is 22.0. The lowest BCUT2D eigenvalue weighted by molar-refractivity contribution is -0.119. The molecule has 29 heavy (non-hydrogen) atoms. The molecule has 1 aliphatic carbocycles. The minimum Gasteiger partial charge on any atom is -0.354 e. The van der Waals surface area contributed by atoms with Crippen molar-refractivity contribution in [1.29, 1.82) is 0 Å². The predicted octanol–water partition coefficient (Wildman–Crippen LogP) is 4.33. The van der Waals surface area contributed by atoms with Gasteiger partial charge < -0.3 is 5.32 Å². The second-order valence-electron chi connectivity index (χ2n) is 6.93. The molecule has 0 radical (unpaired) electrons. The Labute approximate surface area is 181 Å². The molecule has 1 saturated carbocycles. The highest BCUT2D eigenvalue weighted by Gasteiger charge is 2.27. The third-order valence-electron chi connectivity index (χ3n) is 4.79. The molecular weight excluding hydrogens is 428 g/mol. The molecular formula is C21H25ClN2O3S2. The Kier molecular flexibility index (Phi) is 7.86. The molecule has 156 valence electrons. The molecule has 2 aromatic carbocycles. The van der Waals surface area contributed by atoms with Gasteiger partial charge in [-0.25, -0.2) is 8.42 Å². The normalized spacial score (nSPS) is 14.7. The molecule has 0 unspecified atom stereocenters. The van der Waals surface area contributed by atoms with Gasteiger partial charge in [0, 0.05) is 22.6 Å². The molecule has 1 N–H and O–H groups in total. The van der Waals surface area contributed by atoms with Crippen molar-refractivity contribution in [1.82, 2.24) is 5.32 Å². The van der Waals surface area contributed by atoms with Crippen LogP contribution in [0.5, 0.6) is 0 Å². The molecule has 1 aliphatic rings. The summed E-state index contributed by atoms with van der Waals surface area (Å²) in [4.78, 5) is 12.7. The molecule has 0 aliphatic heterocycles. The molecule has 0 bridgehead atoms. The lowest BCUT2D eigenvalue weighted by Gasteiger charge is -2.24. The zero-order valence-corrected chi connectivity index (χ0v) is 18.5. The van der Waals surface area contributed by atoms with Crippen molar-refractivity contribution < 1.29 is 13.2 Å². The van der Waals surface area contributed by atoms with Crippen LogP contribution in [0.2, 0.25) is 5.02 Å². The Balaban J connectivity index is 1.69. The van der Waals surface area contributed by atoms with Gasteiger partial charge in [0.2, 0.25) is 5.91 Å². The number of nitrogens with zero attached hydrogens (tertiary/aromatic N) is 1. The van der Waals surface area contributed by atoms with Gasteiger partial charge in [0.05, 0.1) is 10.6 Å². The van der Waals surface area contributed by atoms with E-state index < -0.39 is 10.0 Å². The Morgan fingerprint density at radius 2 is 1.83 bits per heavy atom. The van der Waals surface area contributed by atoms with E-state index in [-0.39, 0.29) is 17.3 Å². The van der Waals surface area contributed by atoms with E-state index in [1.165, 1.54) is 37.8 Å². The minimum atomic E-state index is -3.90. The maximum atomic E-state index is 13.2. The van der Waals surface area contributed by atoms with Crippen molar-refractivity contribution in [3.8, 4) is 0 Å². The number of thioether (sulfide) groups is 1. The summed E-state index contributed by atoms with van der Waals surface area (Å²) in [5.41, 5.74) is 0.358. The summed E-state index contributed by atoms with van der Waals surface area (Å²) in [6.07, 6.45) is 5.07. The van der Waals surface area contributed by atoms with Crippen LogP contribution in [0.4, 0.5) is 5.69 Å². The number of rotatable bonds is 9. The highest BCUT2D eigenvalue weighted by molar-refractivity contribution is 7.99. The van der Waals surface area contributed by atoms with E-state index in [0.717, 1.165) is 10.1 Å². The molecule has 3 rings (SSSR count). The SMILES string of the molecule is O=C(CN(c1cccc(Cl)c1)S(=O)(=O)c1ccccc1)NCCSC1CCCC1. The summed E-state index contributed by atoms with van der Waals surface area (Å²) in [5, 5.41) is 3.94. The number of hydrogen-bond acceptors (Lipinski definition) is 4. The van der Waals surface area contributed by atoms with Crippen molar-refractivity contribution in [3.63, 3.8) is 0 Å². The van der Waals surface area contributed by atoms with Crippen molar-refractivity contribution in [2.75, 3.05) is 23.1 Å². The minimum absolute atomic E-state index is 0.129. The number of halogens is 1. The molecule has 1 fully saturated rings. The quantitative estimate of drug-likeness (QED) is 0.575. The monoisotopic (exact) mass is 452 g/mol. The number of sulfonamides is 1. The molecule has 0 spiro atoms. The van der Waals surface area contributed by atoms with Crippen LogP contribution in [-0.4, -0.2) is 38.4 Å². The number of benzene rings is 2. The van der Waals surface area contributed by atoms with Crippen LogP contribution in [0.3, 0.4) is 0 Å². The van der Waals surface area contributed by atoms with Gasteiger partial charge in [0.25, 0.3) is 10.0 Å². The van der Waals surface area contributed by atoms with Crippen LogP contribution in [0.1, 0.15) is 25.7 Å². The first-order valence-corrected chi connectivity index (χ1v) is 12.5. The molecule has 0 atom stereocenters.